The number of aromatic nitrogens is 4. The van der Waals surface area contributed by atoms with E-state index >= 15 is 0 Å². The Balaban J connectivity index is 1.52. The van der Waals surface area contributed by atoms with E-state index in [0.29, 0.717) is 13.2 Å². The number of nitrogens with zero attached hydrogens (tertiary/aromatic N) is 5. The molecule has 8 heteroatoms. The second-order valence-corrected chi connectivity index (χ2v) is 7.02. The molecule has 1 fully saturated rings. The van der Waals surface area contributed by atoms with Gasteiger partial charge in [-0.15, -0.1) is 11.3 Å². The van der Waals surface area contributed by atoms with Gasteiger partial charge in [-0.1, -0.05) is 6.07 Å². The van der Waals surface area contributed by atoms with Crippen LogP contribution in [0.3, 0.4) is 0 Å². The summed E-state index contributed by atoms with van der Waals surface area (Å²) < 4.78 is 5.98. The van der Waals surface area contributed by atoms with E-state index in [4.69, 9.17) is 9.72 Å². The summed E-state index contributed by atoms with van der Waals surface area (Å²) >= 11 is 1.54. The molecule has 0 aromatic carbocycles. The van der Waals surface area contributed by atoms with Crippen LogP contribution in [0.5, 0.6) is 0 Å². The number of thiazole rings is 1. The van der Waals surface area contributed by atoms with E-state index in [1.165, 1.54) is 0 Å². The molecule has 1 saturated heterocycles. The second kappa shape index (κ2) is 7.35. The molecule has 134 valence electrons. The van der Waals surface area contributed by atoms with Gasteiger partial charge in [-0.05, 0) is 26.0 Å². The van der Waals surface area contributed by atoms with Crippen molar-refractivity contribution < 1.29 is 4.74 Å². The lowest BCUT2D eigenvalue weighted by Crippen LogP contribution is -2.39. The number of ether oxygens (including phenoxy) is 1. The molecule has 0 spiro atoms. The van der Waals surface area contributed by atoms with E-state index in [1.807, 2.05) is 43.5 Å². The van der Waals surface area contributed by atoms with Gasteiger partial charge in [-0.3, -0.25) is 0 Å². The SMILES string of the molecule is Cc1cc(N2CCO[C@H](c3cccc(Nc4nccs4)n3)C2)nc(C)n1. The smallest absolute Gasteiger partial charge is 0.188 e. The molecule has 1 aliphatic heterocycles. The quantitative estimate of drug-likeness (QED) is 0.757. The van der Waals surface area contributed by atoms with Gasteiger partial charge in [0.05, 0.1) is 18.8 Å². The van der Waals surface area contributed by atoms with E-state index in [9.17, 15) is 0 Å². The normalized spacial score (nSPS) is 17.3. The highest BCUT2D eigenvalue weighted by Gasteiger charge is 2.24. The molecule has 1 aliphatic rings. The Bertz CT molecular complexity index is 865. The van der Waals surface area contributed by atoms with Gasteiger partial charge in [-0.25, -0.2) is 19.9 Å². The standard InChI is InChI=1S/C18H20N6OS/c1-12-10-17(21-13(2)20-12)24-7-8-25-15(11-24)14-4-3-5-16(22-14)23-18-19-6-9-26-18/h3-6,9-10,15H,7-8,11H2,1-2H3,(H,19,22,23)/t15-/m0/s1. The molecule has 0 saturated carbocycles. The summed E-state index contributed by atoms with van der Waals surface area (Å²) in [5.41, 5.74) is 1.88. The molecule has 4 heterocycles. The predicted octanol–water partition coefficient (Wildman–Crippen LogP) is 3.27. The van der Waals surface area contributed by atoms with Crippen LogP contribution in [-0.2, 0) is 4.74 Å². The third-order valence-corrected chi connectivity index (χ3v) is 4.80. The number of hydrogen-bond acceptors (Lipinski definition) is 8. The lowest BCUT2D eigenvalue weighted by atomic mass is 10.2. The Kier molecular flexibility index (Phi) is 4.77. The zero-order chi connectivity index (χ0) is 17.9. The maximum Gasteiger partial charge on any atom is 0.188 e. The van der Waals surface area contributed by atoms with Gasteiger partial charge in [0.15, 0.2) is 5.13 Å². The van der Waals surface area contributed by atoms with Gasteiger partial charge >= 0.3 is 0 Å². The molecular weight excluding hydrogens is 348 g/mol. The third-order valence-electron chi connectivity index (χ3n) is 4.11. The van der Waals surface area contributed by atoms with Gasteiger partial charge in [0, 0.05) is 29.9 Å². The van der Waals surface area contributed by atoms with Crippen LogP contribution in [0.4, 0.5) is 16.8 Å². The van der Waals surface area contributed by atoms with Crippen molar-refractivity contribution in [1.82, 2.24) is 19.9 Å². The van der Waals surface area contributed by atoms with Gasteiger partial charge in [0.1, 0.15) is 23.6 Å². The first kappa shape index (κ1) is 16.9. The number of anilines is 3. The van der Waals surface area contributed by atoms with Crippen LogP contribution in [0, 0.1) is 13.8 Å². The first-order chi connectivity index (χ1) is 12.7. The fraction of sp³-hybridized carbons (Fsp3) is 0.333. The minimum atomic E-state index is -0.0997. The number of nitrogens with one attached hydrogen (secondary N) is 1. The zero-order valence-electron chi connectivity index (χ0n) is 14.7. The van der Waals surface area contributed by atoms with Crippen molar-refractivity contribution >= 4 is 28.1 Å². The number of rotatable bonds is 4. The Labute approximate surface area is 156 Å². The molecule has 0 aliphatic carbocycles. The molecule has 1 atom stereocenters. The lowest BCUT2D eigenvalue weighted by molar-refractivity contribution is 0.0368. The number of pyridine rings is 1. The molecule has 0 radical (unpaired) electrons. The zero-order valence-corrected chi connectivity index (χ0v) is 15.5. The molecular formula is C18H20N6OS. The van der Waals surface area contributed by atoms with Gasteiger partial charge in [-0.2, -0.15) is 0 Å². The minimum Gasteiger partial charge on any atom is -0.368 e. The Morgan fingerprint density at radius 3 is 2.96 bits per heavy atom. The van der Waals surface area contributed by atoms with E-state index in [-0.39, 0.29) is 6.10 Å². The highest BCUT2D eigenvalue weighted by molar-refractivity contribution is 7.13. The topological polar surface area (TPSA) is 76.1 Å². The van der Waals surface area contributed by atoms with Crippen molar-refractivity contribution in [2.24, 2.45) is 0 Å². The molecule has 3 aromatic rings. The fourth-order valence-electron chi connectivity index (χ4n) is 2.99. The van der Waals surface area contributed by atoms with Crippen LogP contribution in [0.2, 0.25) is 0 Å². The van der Waals surface area contributed by atoms with Crippen molar-refractivity contribution in [2.45, 2.75) is 20.0 Å². The maximum atomic E-state index is 5.98. The van der Waals surface area contributed by atoms with Crippen molar-refractivity contribution in [2.75, 3.05) is 29.9 Å². The molecule has 26 heavy (non-hydrogen) atoms. The van der Waals surface area contributed by atoms with Gasteiger partial charge < -0.3 is 15.0 Å². The monoisotopic (exact) mass is 368 g/mol. The molecule has 1 N–H and O–H groups in total. The first-order valence-corrected chi connectivity index (χ1v) is 9.37. The number of hydrogen-bond donors (Lipinski definition) is 1. The van der Waals surface area contributed by atoms with Crippen LogP contribution in [-0.4, -0.2) is 39.6 Å². The largest absolute Gasteiger partial charge is 0.368 e. The average Bonchev–Trinajstić information content (AvgIpc) is 3.14. The molecule has 7 nitrogen and oxygen atoms in total. The van der Waals surface area contributed by atoms with Crippen LogP contribution >= 0.6 is 11.3 Å². The van der Waals surface area contributed by atoms with E-state index in [2.05, 4.69) is 25.2 Å². The Hall–Kier alpha value is -2.58. The van der Waals surface area contributed by atoms with Crippen LogP contribution in [0.15, 0.2) is 35.8 Å². The maximum absolute atomic E-state index is 5.98. The lowest BCUT2D eigenvalue weighted by Gasteiger charge is -2.33. The Morgan fingerprint density at radius 2 is 2.15 bits per heavy atom. The summed E-state index contributed by atoms with van der Waals surface area (Å²) in [6.45, 7) is 6.07. The average molecular weight is 368 g/mol. The number of morpholine rings is 1. The van der Waals surface area contributed by atoms with Crippen molar-refractivity contribution in [1.29, 1.82) is 0 Å². The van der Waals surface area contributed by atoms with Crippen molar-refractivity contribution in [3.63, 3.8) is 0 Å². The predicted molar refractivity (Wildman–Crippen MR) is 102 cm³/mol. The molecule has 0 amide bonds. The fourth-order valence-corrected chi connectivity index (χ4v) is 3.53. The van der Waals surface area contributed by atoms with Crippen LogP contribution in [0.1, 0.15) is 23.3 Å². The highest BCUT2D eigenvalue weighted by Crippen LogP contribution is 2.26. The van der Waals surface area contributed by atoms with Crippen molar-refractivity contribution in [3.8, 4) is 0 Å². The molecule has 4 rings (SSSR count). The summed E-state index contributed by atoms with van der Waals surface area (Å²) in [6.07, 6.45) is 1.67. The second-order valence-electron chi connectivity index (χ2n) is 6.13. The summed E-state index contributed by atoms with van der Waals surface area (Å²) in [5.74, 6) is 2.50. The molecule has 3 aromatic heterocycles. The van der Waals surface area contributed by atoms with Crippen molar-refractivity contribution in [3.05, 3.63) is 53.1 Å². The van der Waals surface area contributed by atoms with Gasteiger partial charge in [0.2, 0.25) is 0 Å². The van der Waals surface area contributed by atoms with E-state index < -0.39 is 0 Å². The summed E-state index contributed by atoms with van der Waals surface area (Å²) in [7, 11) is 0. The van der Waals surface area contributed by atoms with Gasteiger partial charge in [0.25, 0.3) is 0 Å². The highest BCUT2D eigenvalue weighted by atomic mass is 32.1. The van der Waals surface area contributed by atoms with Crippen LogP contribution in [0.25, 0.3) is 0 Å². The summed E-state index contributed by atoms with van der Waals surface area (Å²) in [6, 6.07) is 7.93. The third kappa shape index (κ3) is 3.81. The Morgan fingerprint density at radius 1 is 1.23 bits per heavy atom. The molecule has 0 unspecified atom stereocenters. The van der Waals surface area contributed by atoms with E-state index in [0.717, 1.165) is 40.5 Å². The van der Waals surface area contributed by atoms with Crippen LogP contribution < -0.4 is 10.2 Å². The van der Waals surface area contributed by atoms with E-state index in [1.54, 1.807) is 17.5 Å². The summed E-state index contributed by atoms with van der Waals surface area (Å²) in [5, 5.41) is 5.98. The molecule has 0 bridgehead atoms. The minimum absolute atomic E-state index is 0.0997. The number of aryl methyl sites for hydroxylation is 2. The summed E-state index contributed by atoms with van der Waals surface area (Å²) in [4.78, 5) is 20.1. The first-order valence-electron chi connectivity index (χ1n) is 8.50.